The zero-order chi connectivity index (χ0) is 11.2. The summed E-state index contributed by atoms with van der Waals surface area (Å²) in [6, 6.07) is 10.1. The molecule has 0 spiro atoms. The summed E-state index contributed by atoms with van der Waals surface area (Å²) in [5.74, 6) is 1.42. The Hall–Kier alpha value is -0.340. The van der Waals surface area contributed by atoms with Gasteiger partial charge in [0, 0.05) is 9.74 Å². The molecule has 4 fully saturated rings. The summed E-state index contributed by atoms with van der Waals surface area (Å²) in [4.78, 5) is 0. The average molecular weight is 279 g/mol. The third kappa shape index (κ3) is 0.682. The highest BCUT2D eigenvalue weighted by atomic mass is 79.9. The molecule has 0 aromatic heterocycles. The van der Waals surface area contributed by atoms with Crippen molar-refractivity contribution in [1.82, 2.24) is 0 Å². The van der Waals surface area contributed by atoms with E-state index in [-0.39, 0.29) is 5.41 Å². The molecule has 2 heteroatoms. The number of halogens is 1. The molecule has 2 bridgehead atoms. The van der Waals surface area contributed by atoms with Crippen molar-refractivity contribution in [3.05, 3.63) is 35.9 Å². The Morgan fingerprint density at radius 3 is 2.31 bits per heavy atom. The first-order chi connectivity index (χ1) is 7.58. The standard InChI is InChI=1S/C14H15BrO/c1-12(16,9-5-3-2-4-6-9)13-10-7-8-11(13)14(10,13)15/h2-6,10-11,16H,7-8H2,1H3. The first-order valence-electron chi connectivity index (χ1n) is 6.04. The average Bonchev–Trinajstić information content (AvgIpc) is 2.86. The van der Waals surface area contributed by atoms with Crippen LogP contribution in [0.3, 0.4) is 0 Å². The van der Waals surface area contributed by atoms with Crippen molar-refractivity contribution in [2.75, 3.05) is 0 Å². The van der Waals surface area contributed by atoms with E-state index >= 15 is 0 Å². The zero-order valence-corrected chi connectivity index (χ0v) is 10.9. The molecule has 5 rings (SSSR count). The number of rotatable bonds is 2. The van der Waals surface area contributed by atoms with Crippen molar-refractivity contribution < 1.29 is 5.11 Å². The lowest BCUT2D eigenvalue weighted by Crippen LogP contribution is -2.31. The molecule has 84 valence electrons. The van der Waals surface area contributed by atoms with E-state index in [4.69, 9.17) is 0 Å². The van der Waals surface area contributed by atoms with Gasteiger partial charge in [-0.15, -0.1) is 0 Å². The highest BCUT2D eigenvalue weighted by Gasteiger charge is 3.03. The van der Waals surface area contributed by atoms with Crippen LogP contribution in [0.1, 0.15) is 25.3 Å². The Bertz CT molecular complexity index is 453. The molecule has 0 heterocycles. The van der Waals surface area contributed by atoms with Crippen molar-refractivity contribution in [2.24, 2.45) is 17.3 Å². The Morgan fingerprint density at radius 2 is 1.81 bits per heavy atom. The van der Waals surface area contributed by atoms with Crippen LogP contribution in [-0.2, 0) is 5.60 Å². The summed E-state index contributed by atoms with van der Waals surface area (Å²) < 4.78 is 0.291. The molecular formula is C14H15BrO. The second kappa shape index (κ2) is 2.41. The topological polar surface area (TPSA) is 20.2 Å². The Balaban J connectivity index is 1.80. The molecule has 0 amide bonds. The van der Waals surface area contributed by atoms with E-state index in [1.54, 1.807) is 0 Å². The van der Waals surface area contributed by atoms with Crippen LogP contribution in [0.4, 0.5) is 0 Å². The van der Waals surface area contributed by atoms with Gasteiger partial charge in [0.1, 0.15) is 0 Å². The summed E-state index contributed by atoms with van der Waals surface area (Å²) in [6.45, 7) is 2.00. The fourth-order valence-corrected chi connectivity index (χ4v) is 6.66. The van der Waals surface area contributed by atoms with Crippen molar-refractivity contribution >= 4 is 15.9 Å². The van der Waals surface area contributed by atoms with Crippen molar-refractivity contribution in [1.29, 1.82) is 0 Å². The molecule has 1 N–H and O–H groups in total. The van der Waals surface area contributed by atoms with Gasteiger partial charge in [-0.3, -0.25) is 0 Å². The Morgan fingerprint density at radius 1 is 1.25 bits per heavy atom. The van der Waals surface area contributed by atoms with Crippen LogP contribution < -0.4 is 0 Å². The molecule has 3 atom stereocenters. The van der Waals surface area contributed by atoms with Crippen molar-refractivity contribution in [3.63, 3.8) is 0 Å². The zero-order valence-electron chi connectivity index (χ0n) is 9.28. The van der Waals surface area contributed by atoms with Gasteiger partial charge in [0.05, 0.1) is 5.60 Å². The Labute approximate surface area is 104 Å². The monoisotopic (exact) mass is 278 g/mol. The van der Waals surface area contributed by atoms with E-state index in [1.165, 1.54) is 12.8 Å². The van der Waals surface area contributed by atoms with Gasteiger partial charge in [-0.2, -0.15) is 0 Å². The Kier molecular flexibility index (Phi) is 1.46. The van der Waals surface area contributed by atoms with E-state index in [9.17, 15) is 5.11 Å². The molecule has 4 aliphatic carbocycles. The molecule has 1 aromatic rings. The van der Waals surface area contributed by atoms with E-state index < -0.39 is 5.60 Å². The lowest BCUT2D eigenvalue weighted by atomic mass is 9.82. The van der Waals surface area contributed by atoms with Crippen LogP contribution in [-0.4, -0.2) is 9.43 Å². The van der Waals surface area contributed by atoms with Gasteiger partial charge < -0.3 is 5.11 Å². The maximum absolute atomic E-state index is 10.9. The highest BCUT2D eigenvalue weighted by molar-refractivity contribution is 9.10. The third-order valence-electron chi connectivity index (χ3n) is 5.47. The van der Waals surface area contributed by atoms with Gasteiger partial charge in [0.2, 0.25) is 0 Å². The first-order valence-corrected chi connectivity index (χ1v) is 6.84. The van der Waals surface area contributed by atoms with Crippen LogP contribution in [0.15, 0.2) is 30.3 Å². The lowest BCUT2D eigenvalue weighted by molar-refractivity contribution is -0.00747. The molecule has 0 saturated heterocycles. The molecule has 1 nitrogen and oxygen atoms in total. The van der Waals surface area contributed by atoms with Crippen LogP contribution >= 0.6 is 15.9 Å². The fourth-order valence-electron chi connectivity index (χ4n) is 4.77. The van der Waals surface area contributed by atoms with Gasteiger partial charge in [-0.05, 0) is 37.2 Å². The second-order valence-corrected chi connectivity index (χ2v) is 7.07. The summed E-state index contributed by atoms with van der Waals surface area (Å²) in [7, 11) is 0. The summed E-state index contributed by atoms with van der Waals surface area (Å²) in [5.41, 5.74) is 0.566. The lowest BCUT2D eigenvalue weighted by Gasteiger charge is -2.29. The molecule has 0 aliphatic heterocycles. The van der Waals surface area contributed by atoms with Crippen LogP contribution in [0.25, 0.3) is 0 Å². The third-order valence-corrected chi connectivity index (χ3v) is 7.23. The van der Waals surface area contributed by atoms with Crippen LogP contribution in [0.5, 0.6) is 0 Å². The molecule has 16 heavy (non-hydrogen) atoms. The van der Waals surface area contributed by atoms with Crippen LogP contribution in [0.2, 0.25) is 0 Å². The first kappa shape index (κ1) is 9.67. The molecule has 0 radical (unpaired) electrons. The van der Waals surface area contributed by atoms with Gasteiger partial charge in [-0.25, -0.2) is 0 Å². The number of hydrogen-bond donors (Lipinski definition) is 1. The van der Waals surface area contributed by atoms with Crippen LogP contribution in [0, 0.1) is 17.3 Å². The summed E-state index contributed by atoms with van der Waals surface area (Å²) in [6.07, 6.45) is 2.58. The van der Waals surface area contributed by atoms with Crippen molar-refractivity contribution in [2.45, 2.75) is 29.7 Å². The molecular weight excluding hydrogens is 264 g/mol. The second-order valence-electron chi connectivity index (χ2n) is 5.76. The highest BCUT2D eigenvalue weighted by Crippen LogP contribution is 3.01. The smallest absolute Gasteiger partial charge is 0.0944 e. The predicted molar refractivity (Wildman–Crippen MR) is 66.3 cm³/mol. The van der Waals surface area contributed by atoms with Gasteiger partial charge in [0.15, 0.2) is 0 Å². The number of hydrogen-bond acceptors (Lipinski definition) is 1. The maximum atomic E-state index is 10.9. The molecule has 4 saturated carbocycles. The van der Waals surface area contributed by atoms with E-state index in [0.29, 0.717) is 16.2 Å². The minimum atomic E-state index is -0.663. The molecule has 1 aromatic carbocycles. The SMILES string of the molecule is CC(O)(c1ccccc1)C12C3CCC1C32Br. The minimum absolute atomic E-state index is 0.154. The number of benzene rings is 1. The van der Waals surface area contributed by atoms with E-state index in [2.05, 4.69) is 28.1 Å². The molecule has 3 unspecified atom stereocenters. The van der Waals surface area contributed by atoms with E-state index in [1.807, 2.05) is 25.1 Å². The number of aliphatic hydroxyl groups is 1. The quantitative estimate of drug-likeness (QED) is 0.825. The predicted octanol–water partition coefficient (Wildman–Crippen LogP) is 3.07. The van der Waals surface area contributed by atoms with E-state index in [0.717, 1.165) is 5.56 Å². The maximum Gasteiger partial charge on any atom is 0.0944 e. The van der Waals surface area contributed by atoms with Crippen molar-refractivity contribution in [3.8, 4) is 0 Å². The molecule has 4 aliphatic rings. The largest absolute Gasteiger partial charge is 0.385 e. The summed E-state index contributed by atoms with van der Waals surface area (Å²) in [5, 5.41) is 10.9. The van der Waals surface area contributed by atoms with Gasteiger partial charge in [0.25, 0.3) is 0 Å². The summed E-state index contributed by atoms with van der Waals surface area (Å²) >= 11 is 3.88. The minimum Gasteiger partial charge on any atom is -0.385 e. The fraction of sp³-hybridized carbons (Fsp3) is 0.571. The number of fused-ring (bicyclic) bond motifs is 1. The van der Waals surface area contributed by atoms with Gasteiger partial charge in [-0.1, -0.05) is 46.3 Å². The normalized spacial score (nSPS) is 50.7. The van der Waals surface area contributed by atoms with Gasteiger partial charge >= 0.3 is 0 Å². The number of alkyl halides is 1.